The van der Waals surface area contributed by atoms with Crippen molar-refractivity contribution in [2.24, 2.45) is 5.92 Å². The van der Waals surface area contributed by atoms with Gasteiger partial charge < -0.3 is 5.32 Å². The Morgan fingerprint density at radius 1 is 1.23 bits per heavy atom. The highest BCUT2D eigenvalue weighted by Gasteiger charge is 2.14. The number of aromatic nitrogens is 1. The van der Waals surface area contributed by atoms with E-state index in [4.69, 9.17) is 11.6 Å². The number of nitrogens with zero attached hydrogens (tertiary/aromatic N) is 1. The van der Waals surface area contributed by atoms with Crippen molar-refractivity contribution in [1.82, 2.24) is 4.98 Å². The zero-order chi connectivity index (χ0) is 15.7. The molecule has 0 aliphatic rings. The van der Waals surface area contributed by atoms with Gasteiger partial charge in [0.1, 0.15) is 5.01 Å². The Morgan fingerprint density at radius 3 is 2.73 bits per heavy atom. The van der Waals surface area contributed by atoms with E-state index in [0.717, 1.165) is 26.5 Å². The van der Waals surface area contributed by atoms with Gasteiger partial charge >= 0.3 is 0 Å². The lowest BCUT2D eigenvalue weighted by molar-refractivity contribution is -0.118. The molecule has 0 saturated heterocycles. The molecule has 0 aliphatic heterocycles. The topological polar surface area (TPSA) is 42.0 Å². The lowest BCUT2D eigenvalue weighted by Gasteiger charge is -2.11. The molecule has 112 valence electrons. The van der Waals surface area contributed by atoms with Crippen LogP contribution in [0.4, 0.5) is 5.69 Å². The van der Waals surface area contributed by atoms with Gasteiger partial charge in [-0.15, -0.1) is 11.3 Å². The summed E-state index contributed by atoms with van der Waals surface area (Å²) in [5.74, 6) is -0.108. The first kappa shape index (κ1) is 15.0. The number of hydrogen-bond donors (Lipinski definition) is 1. The van der Waals surface area contributed by atoms with Gasteiger partial charge in [-0.2, -0.15) is 0 Å². The fourth-order valence-electron chi connectivity index (χ4n) is 2.07. The van der Waals surface area contributed by atoms with Gasteiger partial charge in [0.15, 0.2) is 0 Å². The first-order chi connectivity index (χ1) is 10.5. The van der Waals surface area contributed by atoms with Crippen molar-refractivity contribution < 1.29 is 4.79 Å². The van der Waals surface area contributed by atoms with Crippen LogP contribution in [-0.4, -0.2) is 10.9 Å². The van der Waals surface area contributed by atoms with Gasteiger partial charge in [0, 0.05) is 16.5 Å². The van der Waals surface area contributed by atoms with Crippen molar-refractivity contribution in [1.29, 1.82) is 0 Å². The summed E-state index contributed by atoms with van der Waals surface area (Å²) < 4.78 is 1.11. The standard InChI is InChI=1S/C17H15ClN2OS/c1-10(2)16(21)19-13-8-7-11(18)9-12(13)17-20-14-5-3-4-6-15(14)22-17/h3-10H,1-2H3,(H,19,21). The predicted octanol–water partition coefficient (Wildman–Crippen LogP) is 5.21. The van der Waals surface area contributed by atoms with Gasteiger partial charge in [-0.1, -0.05) is 37.6 Å². The van der Waals surface area contributed by atoms with Crippen LogP contribution < -0.4 is 5.32 Å². The van der Waals surface area contributed by atoms with Crippen molar-refractivity contribution >= 4 is 44.7 Å². The SMILES string of the molecule is CC(C)C(=O)Nc1ccc(Cl)cc1-c1nc2ccccc2s1. The molecule has 0 atom stereocenters. The second-order valence-electron chi connectivity index (χ2n) is 5.32. The van der Waals surface area contributed by atoms with Gasteiger partial charge in [0.2, 0.25) is 5.91 Å². The molecule has 1 heterocycles. The molecule has 0 aliphatic carbocycles. The summed E-state index contributed by atoms with van der Waals surface area (Å²) >= 11 is 7.72. The van der Waals surface area contributed by atoms with Crippen molar-refractivity contribution in [3.05, 3.63) is 47.5 Å². The molecule has 0 bridgehead atoms. The lowest BCUT2D eigenvalue weighted by Crippen LogP contribution is -2.18. The third kappa shape index (κ3) is 2.98. The molecule has 2 aromatic carbocycles. The van der Waals surface area contributed by atoms with Gasteiger partial charge in [-0.05, 0) is 30.3 Å². The van der Waals surface area contributed by atoms with Crippen LogP contribution in [0, 0.1) is 5.92 Å². The molecule has 1 amide bonds. The Morgan fingerprint density at radius 2 is 2.00 bits per heavy atom. The second-order valence-corrected chi connectivity index (χ2v) is 6.79. The predicted molar refractivity (Wildman–Crippen MR) is 93.5 cm³/mol. The number of nitrogens with one attached hydrogen (secondary N) is 1. The fourth-order valence-corrected chi connectivity index (χ4v) is 3.23. The molecule has 5 heteroatoms. The molecule has 0 unspecified atom stereocenters. The van der Waals surface area contributed by atoms with Gasteiger partial charge in [-0.25, -0.2) is 4.98 Å². The summed E-state index contributed by atoms with van der Waals surface area (Å²) in [4.78, 5) is 16.6. The van der Waals surface area contributed by atoms with E-state index in [9.17, 15) is 4.79 Å². The van der Waals surface area contributed by atoms with Crippen LogP contribution in [0.15, 0.2) is 42.5 Å². The van der Waals surface area contributed by atoms with E-state index >= 15 is 0 Å². The van der Waals surface area contributed by atoms with Crippen LogP contribution in [0.1, 0.15) is 13.8 Å². The van der Waals surface area contributed by atoms with Crippen LogP contribution in [-0.2, 0) is 4.79 Å². The third-order valence-electron chi connectivity index (χ3n) is 3.29. The summed E-state index contributed by atoms with van der Waals surface area (Å²) in [7, 11) is 0. The van der Waals surface area contributed by atoms with Gasteiger partial charge in [0.25, 0.3) is 0 Å². The number of benzene rings is 2. The minimum absolute atomic E-state index is 0.0234. The molecule has 1 aromatic heterocycles. The maximum atomic E-state index is 12.0. The largest absolute Gasteiger partial charge is 0.325 e. The van der Waals surface area contributed by atoms with Crippen molar-refractivity contribution in [2.45, 2.75) is 13.8 Å². The molecular formula is C17H15ClN2OS. The number of amides is 1. The Labute approximate surface area is 138 Å². The average Bonchev–Trinajstić information content (AvgIpc) is 2.92. The third-order valence-corrected chi connectivity index (χ3v) is 4.59. The second kappa shape index (κ2) is 6.07. The molecule has 1 N–H and O–H groups in total. The molecule has 3 nitrogen and oxygen atoms in total. The highest BCUT2D eigenvalue weighted by Crippen LogP contribution is 2.36. The minimum Gasteiger partial charge on any atom is -0.325 e. The number of hydrogen-bond acceptors (Lipinski definition) is 3. The Hall–Kier alpha value is -1.91. The minimum atomic E-state index is -0.0844. The summed E-state index contributed by atoms with van der Waals surface area (Å²) in [5, 5.41) is 4.42. The Bertz CT molecular complexity index is 809. The Balaban J connectivity index is 2.08. The summed E-state index contributed by atoms with van der Waals surface area (Å²) in [6.07, 6.45) is 0. The van der Waals surface area contributed by atoms with E-state index < -0.39 is 0 Å². The number of halogens is 1. The molecular weight excluding hydrogens is 316 g/mol. The van der Waals surface area contributed by atoms with Crippen LogP contribution >= 0.6 is 22.9 Å². The smallest absolute Gasteiger partial charge is 0.226 e. The highest BCUT2D eigenvalue weighted by atomic mass is 35.5. The summed E-state index contributed by atoms with van der Waals surface area (Å²) in [6, 6.07) is 13.4. The number of anilines is 1. The maximum absolute atomic E-state index is 12.0. The van der Waals surface area contributed by atoms with Gasteiger partial charge in [-0.3, -0.25) is 4.79 Å². The highest BCUT2D eigenvalue weighted by molar-refractivity contribution is 7.21. The zero-order valence-corrected chi connectivity index (χ0v) is 13.8. The maximum Gasteiger partial charge on any atom is 0.226 e. The lowest BCUT2D eigenvalue weighted by atomic mass is 10.1. The summed E-state index contributed by atoms with van der Waals surface area (Å²) in [6.45, 7) is 3.73. The van der Waals surface area contributed by atoms with E-state index in [1.807, 2.05) is 50.2 Å². The Kier molecular flexibility index (Phi) is 4.14. The monoisotopic (exact) mass is 330 g/mol. The first-order valence-electron chi connectivity index (χ1n) is 7.01. The molecule has 0 radical (unpaired) electrons. The number of para-hydroxylation sites is 1. The van der Waals surface area contributed by atoms with E-state index in [-0.39, 0.29) is 11.8 Å². The number of carbonyl (C=O) groups is 1. The molecule has 3 rings (SSSR count). The number of carbonyl (C=O) groups excluding carboxylic acids is 1. The molecule has 0 spiro atoms. The zero-order valence-electron chi connectivity index (χ0n) is 12.3. The van der Waals surface area contributed by atoms with Crippen LogP contribution in [0.25, 0.3) is 20.8 Å². The number of fused-ring (bicyclic) bond motifs is 1. The van der Waals surface area contributed by atoms with E-state index in [1.165, 1.54) is 0 Å². The normalized spacial score (nSPS) is 11.1. The van der Waals surface area contributed by atoms with E-state index in [0.29, 0.717) is 5.02 Å². The first-order valence-corrected chi connectivity index (χ1v) is 8.20. The summed E-state index contributed by atoms with van der Waals surface area (Å²) in [5.41, 5.74) is 2.54. The van der Waals surface area contributed by atoms with E-state index in [2.05, 4.69) is 10.3 Å². The van der Waals surface area contributed by atoms with Crippen LogP contribution in [0.2, 0.25) is 5.02 Å². The number of thiazole rings is 1. The average molecular weight is 331 g/mol. The van der Waals surface area contributed by atoms with E-state index in [1.54, 1.807) is 17.4 Å². The molecule has 0 saturated carbocycles. The van der Waals surface area contributed by atoms with Crippen LogP contribution in [0.5, 0.6) is 0 Å². The molecule has 22 heavy (non-hydrogen) atoms. The van der Waals surface area contributed by atoms with Crippen molar-refractivity contribution in [3.63, 3.8) is 0 Å². The quantitative estimate of drug-likeness (QED) is 0.716. The number of rotatable bonds is 3. The van der Waals surface area contributed by atoms with Crippen molar-refractivity contribution in [2.75, 3.05) is 5.32 Å². The fraction of sp³-hybridized carbons (Fsp3) is 0.176. The van der Waals surface area contributed by atoms with Crippen LogP contribution in [0.3, 0.4) is 0 Å². The molecule has 0 fully saturated rings. The van der Waals surface area contributed by atoms with Gasteiger partial charge in [0.05, 0.1) is 15.9 Å². The van der Waals surface area contributed by atoms with Crippen molar-refractivity contribution in [3.8, 4) is 10.6 Å². The molecule has 3 aromatic rings.